The van der Waals surface area contributed by atoms with E-state index >= 15 is 0 Å². The van der Waals surface area contributed by atoms with E-state index in [1.54, 1.807) is 12.1 Å². The molecule has 0 bridgehead atoms. The van der Waals surface area contributed by atoms with Gasteiger partial charge in [-0.25, -0.2) is 0 Å². The van der Waals surface area contributed by atoms with Gasteiger partial charge in [0.2, 0.25) is 0 Å². The van der Waals surface area contributed by atoms with Crippen molar-refractivity contribution in [2.75, 3.05) is 11.9 Å². The summed E-state index contributed by atoms with van der Waals surface area (Å²) in [7, 11) is 0. The molecule has 2 unspecified atom stereocenters. The van der Waals surface area contributed by atoms with Crippen molar-refractivity contribution in [3.05, 3.63) is 106 Å². The Labute approximate surface area is 216 Å². The molecule has 166 valence electrons. The van der Waals surface area contributed by atoms with Crippen molar-refractivity contribution in [3.8, 4) is 0 Å². The number of nitro groups is 1. The van der Waals surface area contributed by atoms with Crippen LogP contribution in [0.1, 0.15) is 30.1 Å². The molecule has 0 amide bonds. The number of hydrogen-bond acceptors (Lipinski definition) is 5. The summed E-state index contributed by atoms with van der Waals surface area (Å²) in [6.07, 6.45) is 0.609. The number of nitro benzene ring substituents is 1. The second kappa shape index (κ2) is 16.6. The third-order valence-electron chi connectivity index (χ3n) is 4.53. The van der Waals surface area contributed by atoms with Crippen LogP contribution in [0.4, 0.5) is 11.4 Å². The molecule has 0 radical (unpaired) electrons. The van der Waals surface area contributed by atoms with Crippen LogP contribution >= 0.6 is 0 Å². The number of nitrogens with two attached hydrogens (primary N) is 1. The van der Waals surface area contributed by atoms with Gasteiger partial charge in [0.15, 0.2) is 0 Å². The van der Waals surface area contributed by atoms with Gasteiger partial charge in [-0.2, -0.15) is 36.4 Å². The summed E-state index contributed by atoms with van der Waals surface area (Å²) in [5.74, 6) is 0. The Kier molecular flexibility index (Phi) is 15.6. The maximum Gasteiger partial charge on any atom is 2.00 e. The molecule has 3 aromatic rings. The average Bonchev–Trinajstić information content (AvgIpc) is 2.78. The molecule has 0 aromatic heterocycles. The Morgan fingerprint density at radius 3 is 2.25 bits per heavy atom. The monoisotopic (exact) mass is 509 g/mol. The molecule has 0 saturated carbocycles. The normalized spacial score (nSPS) is 11.5. The summed E-state index contributed by atoms with van der Waals surface area (Å²) < 4.78 is 0. The Morgan fingerprint density at radius 1 is 1.09 bits per heavy atom. The Morgan fingerprint density at radius 2 is 1.72 bits per heavy atom. The number of benzene rings is 3. The predicted octanol–water partition coefficient (Wildman–Crippen LogP) is 1.27. The Bertz CT molecular complexity index is 875. The van der Waals surface area contributed by atoms with E-state index in [1.807, 2.05) is 67.6 Å². The largest absolute Gasteiger partial charge is 2.00 e. The van der Waals surface area contributed by atoms with Crippen LogP contribution in [0.25, 0.3) is 0 Å². The van der Waals surface area contributed by atoms with Crippen molar-refractivity contribution in [2.45, 2.75) is 31.9 Å². The Balaban J connectivity index is 0.00000104. The summed E-state index contributed by atoms with van der Waals surface area (Å²) in [6, 6.07) is 26.4. The van der Waals surface area contributed by atoms with E-state index in [0.29, 0.717) is 25.1 Å². The van der Waals surface area contributed by atoms with Gasteiger partial charge in [-0.1, -0.05) is 36.4 Å². The van der Waals surface area contributed by atoms with E-state index < -0.39 is 11.0 Å². The molecule has 4 N–H and O–H groups in total. The second-order valence-electron chi connectivity index (χ2n) is 6.94. The maximum atomic E-state index is 11.0. The third kappa shape index (κ3) is 10.6. The number of rotatable bonds is 8. The van der Waals surface area contributed by atoms with Crippen molar-refractivity contribution < 1.29 is 27.0 Å². The number of halogens is 1. The summed E-state index contributed by atoms with van der Waals surface area (Å²) in [5, 5.41) is 24.3. The molecule has 8 heteroatoms. The average molecular weight is 511 g/mol. The van der Waals surface area contributed by atoms with E-state index in [9.17, 15) is 15.2 Å². The molecule has 0 aliphatic rings. The van der Waals surface area contributed by atoms with Gasteiger partial charge in [-0.3, -0.25) is 10.1 Å². The molecule has 0 spiro atoms. The number of nitrogens with zero attached hydrogens (tertiary/aromatic N) is 1. The van der Waals surface area contributed by atoms with Gasteiger partial charge < -0.3 is 33.1 Å². The van der Waals surface area contributed by atoms with Crippen LogP contribution in [-0.4, -0.2) is 45.7 Å². The molecule has 0 saturated heterocycles. The topological polar surface area (TPSA) is 101 Å². The van der Waals surface area contributed by atoms with Crippen molar-refractivity contribution in [3.63, 3.8) is 0 Å². The fourth-order valence-electron chi connectivity index (χ4n) is 2.91. The van der Waals surface area contributed by atoms with Gasteiger partial charge in [0.05, 0.1) is 11.0 Å². The number of aryl methyl sites for hydroxylation is 1. The second-order valence-corrected chi connectivity index (χ2v) is 6.94. The summed E-state index contributed by atoms with van der Waals surface area (Å²) >= 11 is 0. The van der Waals surface area contributed by atoms with Gasteiger partial charge in [0.1, 0.15) is 5.69 Å². The Hall–Kier alpha value is -1.97. The zero-order valence-electron chi connectivity index (χ0n) is 18.2. The molecule has 0 heterocycles. The number of aliphatic hydroxyl groups excluding tert-OH is 1. The summed E-state index contributed by atoms with van der Waals surface area (Å²) in [5.41, 5.74) is 8.38. The fourth-order valence-corrected chi connectivity index (χ4v) is 2.91. The van der Waals surface area contributed by atoms with Crippen LogP contribution in [0.15, 0.2) is 78.9 Å². The van der Waals surface area contributed by atoms with Gasteiger partial charge in [-0.15, -0.1) is 0 Å². The number of nitrogens with one attached hydrogen (secondary N) is 1. The number of anilines is 1. The molecule has 0 fully saturated rings. The van der Waals surface area contributed by atoms with Crippen LogP contribution in [-0.2, 0) is 0 Å². The zero-order chi connectivity index (χ0) is 21.8. The van der Waals surface area contributed by atoms with Gasteiger partial charge in [0, 0.05) is 18.7 Å². The van der Waals surface area contributed by atoms with Crippen LogP contribution in [0.5, 0.6) is 0 Å². The van der Waals surface area contributed by atoms with E-state index in [-0.39, 0.29) is 51.8 Å². The van der Waals surface area contributed by atoms with E-state index in [0.717, 1.165) is 11.1 Å². The first kappa shape index (κ1) is 30.0. The minimum atomic E-state index is -0.709. The fraction of sp³-hybridized carbons (Fsp3) is 0.250. The number of hydrogen-bond donors (Lipinski definition) is 3. The predicted molar refractivity (Wildman–Crippen MR) is 126 cm³/mol. The van der Waals surface area contributed by atoms with Gasteiger partial charge in [-0.05, 0) is 37.0 Å². The third-order valence-corrected chi connectivity index (χ3v) is 4.53. The van der Waals surface area contributed by atoms with Crippen molar-refractivity contribution in [2.24, 2.45) is 5.73 Å². The first-order valence-corrected chi connectivity index (χ1v) is 9.87. The van der Waals surface area contributed by atoms with E-state index in [4.69, 9.17) is 5.73 Å². The maximum absolute atomic E-state index is 11.0. The molecule has 3 rings (SSSR count). The molecule has 6 nitrogen and oxygen atoms in total. The SMILES string of the molecule is Cc1ccc([N+](=O)[O-])c(NCCCC(N)C(O)c2ccccc2)c1.[Br-].[Mg+2].[c-]1ccccc1. The molecule has 0 aliphatic carbocycles. The van der Waals surface area contributed by atoms with Crippen molar-refractivity contribution >= 4 is 34.4 Å². The molecular weight excluding hydrogens is 482 g/mol. The summed E-state index contributed by atoms with van der Waals surface area (Å²) in [6.45, 7) is 2.44. The van der Waals surface area contributed by atoms with Crippen LogP contribution in [0.3, 0.4) is 0 Å². The van der Waals surface area contributed by atoms with Crippen LogP contribution in [0.2, 0.25) is 0 Å². The first-order valence-electron chi connectivity index (χ1n) is 9.87. The van der Waals surface area contributed by atoms with Crippen LogP contribution in [0, 0.1) is 23.1 Å². The molecule has 2 atom stereocenters. The first-order chi connectivity index (χ1) is 14.5. The quantitative estimate of drug-likeness (QED) is 0.139. The molecule has 32 heavy (non-hydrogen) atoms. The minimum Gasteiger partial charge on any atom is -1.00 e. The van der Waals surface area contributed by atoms with E-state index in [2.05, 4.69) is 11.4 Å². The molecule has 3 aromatic carbocycles. The summed E-state index contributed by atoms with van der Waals surface area (Å²) in [4.78, 5) is 10.6. The van der Waals surface area contributed by atoms with Crippen LogP contribution < -0.4 is 28.0 Å². The standard InChI is InChI=1S/C18H23N3O3.C6H5.BrH.Mg/c1-13-9-10-17(21(23)24)16(12-13)20-11-5-8-15(19)18(22)14-6-3-2-4-7-14;1-2-4-6-5-3-1;;/h2-4,6-7,9-10,12,15,18,20,22H,5,8,11,19H2,1H3;1-5H;1H;/q;-1;;+2/p-1. The van der Waals surface area contributed by atoms with Gasteiger partial charge >= 0.3 is 23.1 Å². The van der Waals surface area contributed by atoms with E-state index in [1.165, 1.54) is 6.07 Å². The number of aliphatic hydroxyl groups is 1. The smallest absolute Gasteiger partial charge is 1.00 e. The molecule has 0 aliphatic heterocycles. The zero-order valence-corrected chi connectivity index (χ0v) is 21.2. The minimum absolute atomic E-state index is 0. The molecular formula is C24H28BrMgN3O3. The van der Waals surface area contributed by atoms with Crippen molar-refractivity contribution in [1.29, 1.82) is 0 Å². The van der Waals surface area contributed by atoms with Crippen molar-refractivity contribution in [1.82, 2.24) is 0 Å². The van der Waals surface area contributed by atoms with Gasteiger partial charge in [0.25, 0.3) is 5.69 Å².